The van der Waals surface area contributed by atoms with Crippen LogP contribution in [0.2, 0.25) is 0 Å². The van der Waals surface area contributed by atoms with Gasteiger partial charge in [-0.3, -0.25) is 4.79 Å². The van der Waals surface area contributed by atoms with Crippen molar-refractivity contribution in [1.82, 2.24) is 4.57 Å². The quantitative estimate of drug-likeness (QED) is 0.677. The molecule has 0 unspecified atom stereocenters. The first-order chi connectivity index (χ1) is 12.0. The second-order valence-corrected chi connectivity index (χ2v) is 6.27. The minimum atomic E-state index is -0.444. The zero-order valence-corrected chi connectivity index (χ0v) is 14.8. The van der Waals surface area contributed by atoms with Crippen molar-refractivity contribution in [2.75, 3.05) is 14.2 Å². The van der Waals surface area contributed by atoms with E-state index >= 15 is 0 Å². The monoisotopic (exact) mass is 356 g/mol. The maximum Gasteiger partial charge on any atom is 0.337 e. The summed E-state index contributed by atoms with van der Waals surface area (Å²) in [5, 5.41) is 0. The molecule has 0 saturated heterocycles. The van der Waals surface area contributed by atoms with Gasteiger partial charge in [0.2, 0.25) is 0 Å². The van der Waals surface area contributed by atoms with Crippen molar-refractivity contribution in [1.29, 1.82) is 0 Å². The number of carbonyl (C=O) groups excluding carboxylic acids is 2. The lowest BCUT2D eigenvalue weighted by Gasteiger charge is -2.00. The van der Waals surface area contributed by atoms with E-state index in [1.54, 1.807) is 31.4 Å². The van der Waals surface area contributed by atoms with Gasteiger partial charge >= 0.3 is 5.97 Å². The minimum absolute atomic E-state index is 0.370. The first-order valence-electron chi connectivity index (χ1n) is 7.44. The molecule has 0 saturated carbocycles. The molecule has 0 N–H and O–H groups in total. The maximum absolute atomic E-state index is 12.4. The Balaban J connectivity index is 1.97. The second-order valence-electron chi connectivity index (χ2n) is 5.26. The number of aryl methyl sites for hydroxylation is 1. The number of aromatic nitrogens is 1. The normalized spacial score (nSPS) is 11.6. The van der Waals surface area contributed by atoms with E-state index in [1.807, 2.05) is 29.8 Å². The topological polar surface area (TPSA) is 69.9 Å². The van der Waals surface area contributed by atoms with Crippen LogP contribution in [0.25, 0.3) is 10.2 Å². The summed E-state index contributed by atoms with van der Waals surface area (Å²) in [6.07, 6.45) is 0. The van der Waals surface area contributed by atoms with E-state index in [0.29, 0.717) is 15.9 Å². The number of thiazole rings is 1. The highest BCUT2D eigenvalue weighted by Crippen LogP contribution is 2.22. The van der Waals surface area contributed by atoms with Crippen LogP contribution < -0.4 is 9.54 Å². The van der Waals surface area contributed by atoms with Crippen LogP contribution in [0.4, 0.5) is 0 Å². The highest BCUT2D eigenvalue weighted by molar-refractivity contribution is 7.16. The average Bonchev–Trinajstić information content (AvgIpc) is 2.96. The zero-order chi connectivity index (χ0) is 18.0. The van der Waals surface area contributed by atoms with E-state index in [4.69, 9.17) is 4.74 Å². The van der Waals surface area contributed by atoms with Gasteiger partial charge in [0.1, 0.15) is 5.75 Å². The number of fused-ring (bicyclic) bond motifs is 1. The van der Waals surface area contributed by atoms with Crippen LogP contribution in [0.5, 0.6) is 5.75 Å². The summed E-state index contributed by atoms with van der Waals surface area (Å²) < 4.78 is 12.7. The van der Waals surface area contributed by atoms with Crippen LogP contribution in [-0.4, -0.2) is 30.7 Å². The van der Waals surface area contributed by atoms with Gasteiger partial charge in [0.25, 0.3) is 5.91 Å². The van der Waals surface area contributed by atoms with Crippen LogP contribution in [0.1, 0.15) is 20.7 Å². The molecule has 6 nitrogen and oxygen atoms in total. The average molecular weight is 356 g/mol. The summed E-state index contributed by atoms with van der Waals surface area (Å²) in [6.45, 7) is 0. The van der Waals surface area contributed by atoms with Gasteiger partial charge in [0.05, 0.1) is 30.0 Å². The van der Waals surface area contributed by atoms with Crippen molar-refractivity contribution in [3.63, 3.8) is 0 Å². The van der Waals surface area contributed by atoms with Crippen LogP contribution in [-0.2, 0) is 11.8 Å². The standard InChI is InChI=1S/C18H16N2O4S/c1-20-14-9-8-13(23-2)10-15(14)25-18(20)19-16(21)11-4-6-12(7-5-11)17(22)24-3/h4-10H,1-3H3. The van der Waals surface area contributed by atoms with Crippen LogP contribution in [0, 0.1) is 0 Å². The van der Waals surface area contributed by atoms with E-state index in [0.717, 1.165) is 16.0 Å². The number of hydrogen-bond donors (Lipinski definition) is 0. The highest BCUT2D eigenvalue weighted by atomic mass is 32.1. The van der Waals surface area contributed by atoms with Crippen molar-refractivity contribution < 1.29 is 19.1 Å². The van der Waals surface area contributed by atoms with Gasteiger partial charge in [0, 0.05) is 12.6 Å². The number of carbonyl (C=O) groups is 2. The number of methoxy groups -OCH3 is 2. The van der Waals surface area contributed by atoms with Crippen molar-refractivity contribution in [3.05, 3.63) is 58.4 Å². The molecule has 0 radical (unpaired) electrons. The molecule has 7 heteroatoms. The van der Waals surface area contributed by atoms with E-state index in [1.165, 1.54) is 18.4 Å². The number of hydrogen-bond acceptors (Lipinski definition) is 5. The molecule has 0 aliphatic heterocycles. The summed E-state index contributed by atoms with van der Waals surface area (Å²) in [4.78, 5) is 28.6. The lowest BCUT2D eigenvalue weighted by atomic mass is 10.1. The van der Waals surface area contributed by atoms with Gasteiger partial charge in [-0.2, -0.15) is 4.99 Å². The number of rotatable bonds is 3. The molecular weight excluding hydrogens is 340 g/mol. The fourth-order valence-corrected chi connectivity index (χ4v) is 3.41. The fourth-order valence-electron chi connectivity index (χ4n) is 2.37. The van der Waals surface area contributed by atoms with E-state index < -0.39 is 5.97 Å². The van der Waals surface area contributed by atoms with Crippen molar-refractivity contribution in [2.45, 2.75) is 0 Å². The van der Waals surface area contributed by atoms with Crippen molar-refractivity contribution in [3.8, 4) is 5.75 Å². The fraction of sp³-hybridized carbons (Fsp3) is 0.167. The van der Waals surface area contributed by atoms with Crippen LogP contribution >= 0.6 is 11.3 Å². The molecule has 0 fully saturated rings. The summed E-state index contributed by atoms with van der Waals surface area (Å²) in [7, 11) is 4.78. The Morgan fingerprint density at radius 2 is 1.72 bits per heavy atom. The molecule has 0 aliphatic rings. The van der Waals surface area contributed by atoms with Crippen molar-refractivity contribution >= 4 is 33.4 Å². The Kier molecular flexibility index (Phi) is 4.67. The van der Waals surface area contributed by atoms with Crippen LogP contribution in [0.15, 0.2) is 47.5 Å². The first-order valence-corrected chi connectivity index (χ1v) is 8.26. The van der Waals surface area contributed by atoms with Crippen LogP contribution in [0.3, 0.4) is 0 Å². The molecule has 0 bridgehead atoms. The number of nitrogens with zero attached hydrogens (tertiary/aromatic N) is 2. The Bertz CT molecular complexity index is 1020. The molecule has 1 amide bonds. The largest absolute Gasteiger partial charge is 0.497 e. The van der Waals surface area contributed by atoms with E-state index in [-0.39, 0.29) is 5.91 Å². The van der Waals surface area contributed by atoms with Gasteiger partial charge in [-0.25, -0.2) is 4.79 Å². The lowest BCUT2D eigenvalue weighted by molar-refractivity contribution is 0.0600. The number of amides is 1. The molecule has 1 heterocycles. The predicted molar refractivity (Wildman–Crippen MR) is 95.0 cm³/mol. The molecule has 0 atom stereocenters. The molecule has 3 aromatic rings. The van der Waals surface area contributed by atoms with Crippen molar-refractivity contribution in [2.24, 2.45) is 12.0 Å². The third kappa shape index (κ3) is 3.32. The van der Waals surface area contributed by atoms with Gasteiger partial charge in [0.15, 0.2) is 4.80 Å². The molecule has 0 aliphatic carbocycles. The summed E-state index contributed by atoms with van der Waals surface area (Å²) >= 11 is 1.41. The predicted octanol–water partition coefficient (Wildman–Crippen LogP) is 2.78. The molecule has 1 aromatic heterocycles. The molecule has 128 valence electrons. The highest BCUT2D eigenvalue weighted by Gasteiger charge is 2.10. The van der Waals surface area contributed by atoms with Gasteiger partial charge < -0.3 is 14.0 Å². The number of esters is 1. The lowest BCUT2D eigenvalue weighted by Crippen LogP contribution is -2.13. The maximum atomic E-state index is 12.4. The summed E-state index contributed by atoms with van der Waals surface area (Å²) in [5.41, 5.74) is 1.76. The van der Waals surface area contributed by atoms with Gasteiger partial charge in [-0.05, 0) is 42.5 Å². The number of ether oxygens (including phenoxy) is 2. The SMILES string of the molecule is COC(=O)c1ccc(C(=O)N=c2sc3cc(OC)ccc3n2C)cc1. The Labute approximate surface area is 148 Å². The molecule has 25 heavy (non-hydrogen) atoms. The first kappa shape index (κ1) is 16.9. The summed E-state index contributed by atoms with van der Waals surface area (Å²) in [6, 6.07) is 11.9. The summed E-state index contributed by atoms with van der Waals surface area (Å²) in [5.74, 6) is -0.0584. The van der Waals surface area contributed by atoms with E-state index in [2.05, 4.69) is 9.73 Å². The molecule has 3 rings (SSSR count). The Morgan fingerprint density at radius 1 is 1.04 bits per heavy atom. The Morgan fingerprint density at radius 3 is 2.36 bits per heavy atom. The Hall–Kier alpha value is -2.93. The molecule has 0 spiro atoms. The number of benzene rings is 2. The second kappa shape index (κ2) is 6.90. The molecule has 2 aromatic carbocycles. The zero-order valence-electron chi connectivity index (χ0n) is 14.0. The van der Waals surface area contributed by atoms with E-state index in [9.17, 15) is 9.59 Å². The molecular formula is C18H16N2O4S. The van der Waals surface area contributed by atoms with Gasteiger partial charge in [-0.15, -0.1) is 0 Å². The minimum Gasteiger partial charge on any atom is -0.497 e. The smallest absolute Gasteiger partial charge is 0.337 e. The van der Waals surface area contributed by atoms with Gasteiger partial charge in [-0.1, -0.05) is 11.3 Å². The third-order valence-corrected chi connectivity index (χ3v) is 4.86. The third-order valence-electron chi connectivity index (χ3n) is 3.77.